The van der Waals surface area contributed by atoms with Crippen molar-refractivity contribution < 1.29 is 26.9 Å². The van der Waals surface area contributed by atoms with Crippen LogP contribution in [0.1, 0.15) is 0 Å². The van der Waals surface area contributed by atoms with Crippen molar-refractivity contribution in [2.45, 2.75) is 6.54 Å². The van der Waals surface area contributed by atoms with Crippen molar-refractivity contribution in [2.75, 3.05) is 16.8 Å². The van der Waals surface area contributed by atoms with Crippen LogP contribution in [0, 0.1) is 0 Å². The summed E-state index contributed by atoms with van der Waals surface area (Å²) < 4.78 is 3.53. The molecule has 1 amide bonds. The first-order valence-corrected chi connectivity index (χ1v) is 5.64. The Morgan fingerprint density at radius 1 is 1.45 bits per heavy atom. The van der Waals surface area contributed by atoms with Crippen LogP contribution < -0.4 is 33.8 Å². The number of aromatic nitrogens is 2. The fraction of sp³-hybridized carbons (Fsp3) is 0.167. The van der Waals surface area contributed by atoms with Gasteiger partial charge in [-0.1, -0.05) is 0 Å². The van der Waals surface area contributed by atoms with Crippen LogP contribution >= 0.6 is 0 Å². The van der Waals surface area contributed by atoms with Crippen molar-refractivity contribution >= 4 is 23.0 Å². The molecule has 0 atom stereocenters. The lowest BCUT2D eigenvalue weighted by molar-refractivity contribution is -0.671. The number of amides is 1. The molecule has 0 fully saturated rings. The van der Waals surface area contributed by atoms with Crippen molar-refractivity contribution in [2.24, 2.45) is 7.05 Å². The molecular formula is C12H16ClN5O2. The van der Waals surface area contributed by atoms with Gasteiger partial charge in [0, 0.05) is 11.8 Å². The number of carbonyl (C=O) groups is 1. The summed E-state index contributed by atoms with van der Waals surface area (Å²) in [7, 11) is 1.86. The van der Waals surface area contributed by atoms with Crippen LogP contribution in [-0.4, -0.2) is 15.6 Å². The zero-order chi connectivity index (χ0) is 14.0. The molecule has 1 aromatic carbocycles. The van der Waals surface area contributed by atoms with Crippen molar-refractivity contribution in [3.8, 4) is 5.75 Å². The molecule has 8 heteroatoms. The number of hydrogen-bond acceptors (Lipinski definition) is 4. The molecule has 1 aromatic heterocycles. The Hall–Kier alpha value is -2.41. The van der Waals surface area contributed by atoms with Crippen molar-refractivity contribution in [3.63, 3.8) is 0 Å². The number of phenolic OH excluding ortho intramolecular Hbond substituents is 1. The lowest BCUT2D eigenvalue weighted by atomic mass is 10.2. The fourth-order valence-electron chi connectivity index (χ4n) is 1.75. The molecule has 2 rings (SSSR count). The zero-order valence-electron chi connectivity index (χ0n) is 10.9. The zero-order valence-corrected chi connectivity index (χ0v) is 11.6. The van der Waals surface area contributed by atoms with E-state index >= 15 is 0 Å². The lowest BCUT2D eigenvalue weighted by Gasteiger charge is -2.10. The number of halogens is 1. The Balaban J connectivity index is 0.00000200. The number of nitrogens with one attached hydrogen (secondary N) is 1. The van der Waals surface area contributed by atoms with Crippen LogP contribution in [-0.2, 0) is 18.4 Å². The van der Waals surface area contributed by atoms with E-state index in [1.165, 1.54) is 12.1 Å². The van der Waals surface area contributed by atoms with E-state index in [1.54, 1.807) is 17.1 Å². The molecule has 1 heterocycles. The molecule has 7 nitrogen and oxygen atoms in total. The third-order valence-electron chi connectivity index (χ3n) is 2.58. The molecule has 0 bridgehead atoms. The van der Waals surface area contributed by atoms with Gasteiger partial charge in [-0.3, -0.25) is 4.79 Å². The Morgan fingerprint density at radius 2 is 2.15 bits per heavy atom. The van der Waals surface area contributed by atoms with E-state index in [0.717, 1.165) is 0 Å². The monoisotopic (exact) mass is 297 g/mol. The number of nitrogen functional groups attached to an aromatic ring is 2. The predicted molar refractivity (Wildman–Crippen MR) is 71.2 cm³/mol. The molecule has 2 aromatic rings. The van der Waals surface area contributed by atoms with Gasteiger partial charge in [0.05, 0.1) is 12.7 Å². The first-order valence-electron chi connectivity index (χ1n) is 5.64. The molecule has 0 saturated heterocycles. The number of phenols is 1. The average Bonchev–Trinajstić information content (AvgIpc) is 2.69. The third kappa shape index (κ3) is 3.55. The van der Waals surface area contributed by atoms with Crippen LogP contribution in [0.5, 0.6) is 5.75 Å². The standard InChI is InChI=1S/C12H15N5O2.ClH/c1-16-2-3-17(7-16)6-11(19)15-12-9(14)4-8(13)5-10(12)18;/h2-5,7H,6,13-14H2,1H3,(H-,15,18,19);1H. The fourth-order valence-corrected chi connectivity index (χ4v) is 1.75. The van der Waals surface area contributed by atoms with Gasteiger partial charge in [-0.15, -0.1) is 0 Å². The Bertz CT molecular complexity index is 603. The molecule has 0 spiro atoms. The topological polar surface area (TPSA) is 110 Å². The van der Waals surface area contributed by atoms with Gasteiger partial charge in [0.2, 0.25) is 6.33 Å². The first kappa shape index (κ1) is 15.6. The van der Waals surface area contributed by atoms with Gasteiger partial charge in [-0.05, 0) is 6.07 Å². The summed E-state index contributed by atoms with van der Waals surface area (Å²) >= 11 is 0. The number of aromatic hydroxyl groups is 1. The lowest BCUT2D eigenvalue weighted by Crippen LogP contribution is -3.00. The van der Waals surface area contributed by atoms with Crippen molar-refractivity contribution in [1.29, 1.82) is 0 Å². The minimum absolute atomic E-state index is 0. The van der Waals surface area contributed by atoms with Crippen LogP contribution in [0.3, 0.4) is 0 Å². The molecule has 0 aliphatic heterocycles. The van der Waals surface area contributed by atoms with E-state index in [2.05, 4.69) is 5.32 Å². The highest BCUT2D eigenvalue weighted by atomic mass is 35.5. The summed E-state index contributed by atoms with van der Waals surface area (Å²) in [5.74, 6) is -0.438. The third-order valence-corrected chi connectivity index (χ3v) is 2.58. The number of anilines is 3. The van der Waals surface area contributed by atoms with E-state index in [0.29, 0.717) is 5.69 Å². The molecule has 0 saturated carbocycles. The van der Waals surface area contributed by atoms with Crippen LogP contribution in [0.4, 0.5) is 17.1 Å². The number of nitrogens with zero attached hydrogens (tertiary/aromatic N) is 2. The van der Waals surface area contributed by atoms with E-state index in [-0.39, 0.29) is 42.0 Å². The molecule has 6 N–H and O–H groups in total. The van der Waals surface area contributed by atoms with Gasteiger partial charge in [-0.2, -0.15) is 0 Å². The minimum Gasteiger partial charge on any atom is -1.00 e. The van der Waals surface area contributed by atoms with Crippen LogP contribution in [0.15, 0.2) is 30.9 Å². The molecule has 0 aliphatic carbocycles. The van der Waals surface area contributed by atoms with E-state index in [9.17, 15) is 9.90 Å². The molecule has 108 valence electrons. The number of aryl methyl sites for hydroxylation is 1. The van der Waals surface area contributed by atoms with Crippen LogP contribution in [0.25, 0.3) is 0 Å². The molecular weight excluding hydrogens is 282 g/mol. The Morgan fingerprint density at radius 3 is 2.70 bits per heavy atom. The van der Waals surface area contributed by atoms with Gasteiger partial charge >= 0.3 is 0 Å². The predicted octanol–water partition coefficient (Wildman–Crippen LogP) is -3.17. The summed E-state index contributed by atoms with van der Waals surface area (Å²) in [5.41, 5.74) is 12.0. The van der Waals surface area contributed by atoms with Crippen molar-refractivity contribution in [3.05, 3.63) is 30.9 Å². The number of carbonyl (C=O) groups excluding carboxylic acids is 1. The Kier molecular flexibility index (Phi) is 4.82. The van der Waals surface area contributed by atoms with E-state index in [4.69, 9.17) is 11.5 Å². The number of nitrogens with two attached hydrogens (primary N) is 2. The second kappa shape index (κ2) is 6.16. The quantitative estimate of drug-likeness (QED) is 0.272. The highest BCUT2D eigenvalue weighted by molar-refractivity contribution is 5.96. The molecule has 20 heavy (non-hydrogen) atoms. The number of benzene rings is 1. The largest absolute Gasteiger partial charge is 1.00 e. The average molecular weight is 298 g/mol. The Labute approximate surface area is 122 Å². The first-order chi connectivity index (χ1) is 8.95. The van der Waals surface area contributed by atoms with Gasteiger partial charge in [-0.25, -0.2) is 9.13 Å². The van der Waals surface area contributed by atoms with Gasteiger partial charge in [0.25, 0.3) is 5.91 Å². The molecule has 0 aliphatic rings. The maximum atomic E-state index is 11.8. The van der Waals surface area contributed by atoms with Gasteiger partial charge in [0.15, 0.2) is 6.54 Å². The van der Waals surface area contributed by atoms with E-state index < -0.39 is 0 Å². The maximum absolute atomic E-state index is 11.8. The summed E-state index contributed by atoms with van der Waals surface area (Å²) in [6.07, 6.45) is 5.36. The maximum Gasteiger partial charge on any atom is 0.266 e. The molecule has 0 radical (unpaired) electrons. The summed E-state index contributed by atoms with van der Waals surface area (Å²) in [4.78, 5) is 11.8. The highest BCUT2D eigenvalue weighted by Gasteiger charge is 2.13. The summed E-state index contributed by atoms with van der Waals surface area (Å²) in [5, 5.41) is 12.3. The van der Waals surface area contributed by atoms with Gasteiger partial charge in [0.1, 0.15) is 23.8 Å². The summed E-state index contributed by atoms with van der Waals surface area (Å²) in [6, 6.07) is 2.81. The van der Waals surface area contributed by atoms with Crippen molar-refractivity contribution in [1.82, 2.24) is 4.57 Å². The second-order valence-electron chi connectivity index (χ2n) is 4.30. The normalized spacial score (nSPS) is 9.85. The number of imidazole rings is 1. The van der Waals surface area contributed by atoms with Gasteiger partial charge < -0.3 is 34.3 Å². The number of hydrogen-bond donors (Lipinski definition) is 4. The summed E-state index contributed by atoms with van der Waals surface area (Å²) in [6.45, 7) is 0.129. The number of rotatable bonds is 3. The van der Waals surface area contributed by atoms with Crippen LogP contribution in [0.2, 0.25) is 0 Å². The smallest absolute Gasteiger partial charge is 0.266 e. The minimum atomic E-state index is -0.289. The SMILES string of the molecule is C[n+]1ccn(CC(=O)Nc2c(N)cc(N)cc2O)c1.[Cl-]. The second-order valence-corrected chi connectivity index (χ2v) is 4.30. The van der Waals surface area contributed by atoms with E-state index in [1.807, 2.05) is 17.8 Å². The molecule has 0 unspecified atom stereocenters. The highest BCUT2D eigenvalue weighted by Crippen LogP contribution is 2.32.